The van der Waals surface area contributed by atoms with E-state index in [2.05, 4.69) is 44.3 Å². The molecule has 1 heterocycles. The summed E-state index contributed by atoms with van der Waals surface area (Å²) in [6, 6.07) is 10.8. The van der Waals surface area contributed by atoms with E-state index in [0.717, 1.165) is 18.0 Å². The maximum Gasteiger partial charge on any atom is 0.0406 e. The second kappa shape index (κ2) is 6.56. The molecule has 2 aromatic rings. The van der Waals surface area contributed by atoms with E-state index in [1.54, 1.807) is 0 Å². The summed E-state index contributed by atoms with van der Waals surface area (Å²) in [5.41, 5.74) is 2.71. The van der Waals surface area contributed by atoms with E-state index in [1.165, 1.54) is 20.9 Å². The normalized spacial score (nSPS) is 12.6. The van der Waals surface area contributed by atoms with E-state index in [1.807, 2.05) is 23.5 Å². The van der Waals surface area contributed by atoms with Gasteiger partial charge in [0.1, 0.15) is 0 Å². The summed E-state index contributed by atoms with van der Waals surface area (Å²) in [5.74, 6) is 0. The molecule has 1 aromatic heterocycles. The van der Waals surface area contributed by atoms with Crippen LogP contribution in [0.4, 0.5) is 0 Å². The molecule has 0 aliphatic carbocycles. The van der Waals surface area contributed by atoms with Crippen molar-refractivity contribution in [3.63, 3.8) is 0 Å². The third-order valence-electron chi connectivity index (χ3n) is 3.36. The van der Waals surface area contributed by atoms with Crippen molar-refractivity contribution < 1.29 is 0 Å². The van der Waals surface area contributed by atoms with Crippen molar-refractivity contribution in [3.8, 4) is 0 Å². The molecule has 0 amide bonds. The third-order valence-corrected chi connectivity index (χ3v) is 4.62. The van der Waals surface area contributed by atoms with Crippen molar-refractivity contribution in [2.24, 2.45) is 0 Å². The number of hydrogen-bond acceptors (Lipinski definition) is 2. The highest BCUT2D eigenvalue weighted by Crippen LogP contribution is 2.23. The predicted molar refractivity (Wildman–Crippen MR) is 85.1 cm³/mol. The topological polar surface area (TPSA) is 12.0 Å². The Morgan fingerprint density at radius 2 is 1.89 bits per heavy atom. The van der Waals surface area contributed by atoms with Gasteiger partial charge in [0, 0.05) is 27.4 Å². The van der Waals surface area contributed by atoms with Crippen LogP contribution in [0.2, 0.25) is 5.02 Å². The Kier molecular flexibility index (Phi) is 5.03. The van der Waals surface area contributed by atoms with Crippen LogP contribution < -0.4 is 5.32 Å². The minimum Gasteiger partial charge on any atom is -0.306 e. The largest absolute Gasteiger partial charge is 0.306 e. The van der Waals surface area contributed by atoms with Crippen molar-refractivity contribution in [2.45, 2.75) is 39.8 Å². The lowest BCUT2D eigenvalue weighted by molar-refractivity contribution is 0.519. The molecule has 1 unspecified atom stereocenters. The van der Waals surface area contributed by atoms with Gasteiger partial charge in [-0.3, -0.25) is 0 Å². The summed E-state index contributed by atoms with van der Waals surface area (Å²) in [6.45, 7) is 7.49. The maximum absolute atomic E-state index is 5.94. The van der Waals surface area contributed by atoms with Crippen molar-refractivity contribution in [1.29, 1.82) is 0 Å². The van der Waals surface area contributed by atoms with Crippen LogP contribution in [0.5, 0.6) is 0 Å². The molecule has 0 spiro atoms. The van der Waals surface area contributed by atoms with Crippen molar-refractivity contribution in [3.05, 3.63) is 56.2 Å². The fourth-order valence-electron chi connectivity index (χ4n) is 2.29. The fraction of sp³-hybridized carbons (Fsp3) is 0.375. The molecule has 1 atom stereocenters. The lowest BCUT2D eigenvalue weighted by atomic mass is 10.0. The molecule has 0 radical (unpaired) electrons. The SMILES string of the molecule is CCC(NCc1cc(C)sc1C)c1ccc(Cl)cc1. The van der Waals surface area contributed by atoms with Crippen LogP contribution in [0.15, 0.2) is 30.3 Å². The van der Waals surface area contributed by atoms with Gasteiger partial charge in [0.15, 0.2) is 0 Å². The molecule has 0 saturated heterocycles. The first-order chi connectivity index (χ1) is 9.10. The molecule has 0 aliphatic heterocycles. The Labute approximate surface area is 124 Å². The number of hydrogen-bond donors (Lipinski definition) is 1. The number of thiophene rings is 1. The second-order valence-corrected chi connectivity index (χ2v) is 6.73. The first kappa shape index (κ1) is 14.6. The molecule has 19 heavy (non-hydrogen) atoms. The van der Waals surface area contributed by atoms with Gasteiger partial charge >= 0.3 is 0 Å². The summed E-state index contributed by atoms with van der Waals surface area (Å²) < 4.78 is 0. The van der Waals surface area contributed by atoms with Gasteiger partial charge in [-0.25, -0.2) is 0 Å². The van der Waals surface area contributed by atoms with E-state index in [0.29, 0.717) is 6.04 Å². The molecule has 1 N–H and O–H groups in total. The van der Waals surface area contributed by atoms with Gasteiger partial charge in [-0.05, 0) is 49.6 Å². The summed E-state index contributed by atoms with van der Waals surface area (Å²) in [7, 11) is 0. The summed E-state index contributed by atoms with van der Waals surface area (Å²) in [5, 5.41) is 4.43. The molecule has 1 aromatic carbocycles. The Morgan fingerprint density at radius 1 is 1.21 bits per heavy atom. The van der Waals surface area contributed by atoms with Gasteiger partial charge in [0.2, 0.25) is 0 Å². The lowest BCUT2D eigenvalue weighted by Gasteiger charge is -2.17. The molecule has 1 nitrogen and oxygen atoms in total. The highest BCUT2D eigenvalue weighted by atomic mass is 35.5. The van der Waals surface area contributed by atoms with Crippen LogP contribution in [0.1, 0.15) is 40.3 Å². The van der Waals surface area contributed by atoms with Crippen LogP contribution in [0.3, 0.4) is 0 Å². The molecule has 0 aliphatic rings. The molecular weight excluding hydrogens is 274 g/mol. The van der Waals surface area contributed by atoms with Gasteiger partial charge in [-0.1, -0.05) is 30.7 Å². The molecule has 102 valence electrons. The molecular formula is C16H20ClNS. The van der Waals surface area contributed by atoms with Gasteiger partial charge in [-0.2, -0.15) is 0 Å². The third kappa shape index (κ3) is 3.82. The highest BCUT2D eigenvalue weighted by molar-refractivity contribution is 7.12. The monoisotopic (exact) mass is 293 g/mol. The van der Waals surface area contributed by atoms with Gasteiger partial charge < -0.3 is 5.32 Å². The van der Waals surface area contributed by atoms with Gasteiger partial charge in [-0.15, -0.1) is 11.3 Å². The zero-order chi connectivity index (χ0) is 13.8. The number of benzene rings is 1. The summed E-state index contributed by atoms with van der Waals surface area (Å²) in [4.78, 5) is 2.80. The average molecular weight is 294 g/mol. The summed E-state index contributed by atoms with van der Waals surface area (Å²) in [6.07, 6.45) is 1.07. The second-order valence-electron chi connectivity index (χ2n) is 4.83. The molecule has 2 rings (SSSR count). The van der Waals surface area contributed by atoms with Crippen LogP contribution >= 0.6 is 22.9 Å². The van der Waals surface area contributed by atoms with Crippen LogP contribution in [-0.4, -0.2) is 0 Å². The van der Waals surface area contributed by atoms with Crippen molar-refractivity contribution >= 4 is 22.9 Å². The Morgan fingerprint density at radius 3 is 2.42 bits per heavy atom. The predicted octanol–water partition coefficient (Wildman–Crippen LogP) is 5.26. The van der Waals surface area contributed by atoms with Gasteiger partial charge in [0.05, 0.1) is 0 Å². The molecule has 0 bridgehead atoms. The number of aryl methyl sites for hydroxylation is 2. The minimum atomic E-state index is 0.386. The molecule has 0 saturated carbocycles. The van der Waals surface area contributed by atoms with E-state index in [-0.39, 0.29) is 0 Å². The number of rotatable bonds is 5. The van der Waals surface area contributed by atoms with E-state index < -0.39 is 0 Å². The first-order valence-electron chi connectivity index (χ1n) is 6.65. The summed E-state index contributed by atoms with van der Waals surface area (Å²) >= 11 is 7.81. The Balaban J connectivity index is 2.03. The fourth-order valence-corrected chi connectivity index (χ4v) is 3.36. The van der Waals surface area contributed by atoms with Crippen LogP contribution in [-0.2, 0) is 6.54 Å². The average Bonchev–Trinajstić information content (AvgIpc) is 2.71. The molecule has 0 fully saturated rings. The van der Waals surface area contributed by atoms with E-state index >= 15 is 0 Å². The smallest absolute Gasteiger partial charge is 0.0406 e. The minimum absolute atomic E-state index is 0.386. The highest BCUT2D eigenvalue weighted by Gasteiger charge is 2.10. The zero-order valence-corrected chi connectivity index (χ0v) is 13.2. The van der Waals surface area contributed by atoms with Crippen molar-refractivity contribution in [1.82, 2.24) is 5.32 Å². The van der Waals surface area contributed by atoms with E-state index in [9.17, 15) is 0 Å². The van der Waals surface area contributed by atoms with Crippen molar-refractivity contribution in [2.75, 3.05) is 0 Å². The van der Waals surface area contributed by atoms with Crippen LogP contribution in [0, 0.1) is 13.8 Å². The Bertz CT molecular complexity index is 530. The quantitative estimate of drug-likeness (QED) is 0.793. The van der Waals surface area contributed by atoms with Crippen LogP contribution in [0.25, 0.3) is 0 Å². The standard InChI is InChI=1S/C16H20ClNS/c1-4-16(13-5-7-15(17)8-6-13)18-10-14-9-11(2)19-12(14)3/h5-9,16,18H,4,10H2,1-3H3. The lowest BCUT2D eigenvalue weighted by Crippen LogP contribution is -2.20. The maximum atomic E-state index is 5.94. The first-order valence-corrected chi connectivity index (χ1v) is 7.84. The zero-order valence-electron chi connectivity index (χ0n) is 11.7. The van der Waals surface area contributed by atoms with E-state index in [4.69, 9.17) is 11.6 Å². The Hall–Kier alpha value is -0.830. The number of halogens is 1. The van der Waals surface area contributed by atoms with Gasteiger partial charge in [0.25, 0.3) is 0 Å². The molecule has 3 heteroatoms. The number of nitrogens with one attached hydrogen (secondary N) is 1.